The van der Waals surface area contributed by atoms with Gasteiger partial charge < -0.3 is 4.42 Å². The second-order valence-corrected chi connectivity index (χ2v) is 3.51. The number of rotatable bonds is 2. The van der Waals surface area contributed by atoms with Gasteiger partial charge in [-0.3, -0.25) is 14.5 Å². The van der Waals surface area contributed by atoms with Gasteiger partial charge >= 0.3 is 0 Å². The highest BCUT2D eigenvalue weighted by Crippen LogP contribution is 2.11. The van der Waals surface area contributed by atoms with Gasteiger partial charge in [0.15, 0.2) is 5.76 Å². The van der Waals surface area contributed by atoms with Crippen LogP contribution in [0.1, 0.15) is 10.6 Å². The lowest BCUT2D eigenvalue weighted by atomic mass is 10.4. The third-order valence-electron chi connectivity index (χ3n) is 2.41. The third-order valence-corrected chi connectivity index (χ3v) is 2.41. The molecule has 5 nitrogen and oxygen atoms in total. The monoisotopic (exact) mass is 227 g/mol. The number of nitrogens with one attached hydrogen (secondary N) is 1. The van der Waals surface area contributed by atoms with E-state index < -0.39 is 0 Å². The summed E-state index contributed by atoms with van der Waals surface area (Å²) in [7, 11) is 0. The van der Waals surface area contributed by atoms with E-state index in [2.05, 4.69) is 10.3 Å². The summed E-state index contributed by atoms with van der Waals surface area (Å²) in [5, 5.41) is 2.69. The van der Waals surface area contributed by atoms with E-state index in [0.29, 0.717) is 5.95 Å². The fourth-order valence-corrected chi connectivity index (χ4v) is 1.61. The van der Waals surface area contributed by atoms with Gasteiger partial charge in [-0.1, -0.05) is 6.07 Å². The fourth-order valence-electron chi connectivity index (χ4n) is 1.61. The molecule has 0 saturated heterocycles. The standard InChI is InChI=1S/C12H9N3O2/c16-11(10-5-3-7-17-10)14-12-13-8-9-4-1-2-6-15(9)12/h1-8H,(H,13,14,16). The molecule has 1 amide bonds. The zero-order valence-corrected chi connectivity index (χ0v) is 8.83. The van der Waals surface area contributed by atoms with Crippen LogP contribution in [0.4, 0.5) is 5.95 Å². The van der Waals surface area contributed by atoms with Gasteiger partial charge in [0.25, 0.3) is 5.91 Å². The molecule has 0 unspecified atom stereocenters. The van der Waals surface area contributed by atoms with Crippen LogP contribution in [0.3, 0.4) is 0 Å². The van der Waals surface area contributed by atoms with Gasteiger partial charge in [0.05, 0.1) is 18.0 Å². The second-order valence-electron chi connectivity index (χ2n) is 3.51. The normalized spacial score (nSPS) is 10.6. The Labute approximate surface area is 96.7 Å². The van der Waals surface area contributed by atoms with Crippen LogP contribution in [0.5, 0.6) is 0 Å². The zero-order valence-electron chi connectivity index (χ0n) is 8.83. The van der Waals surface area contributed by atoms with E-state index in [0.717, 1.165) is 5.52 Å². The van der Waals surface area contributed by atoms with Crippen LogP contribution in [0.25, 0.3) is 5.52 Å². The van der Waals surface area contributed by atoms with Gasteiger partial charge in [-0.25, -0.2) is 4.98 Å². The molecule has 3 aromatic heterocycles. The lowest BCUT2D eigenvalue weighted by Gasteiger charge is -2.01. The number of carbonyl (C=O) groups excluding carboxylic acids is 1. The van der Waals surface area contributed by atoms with Crippen molar-refractivity contribution >= 4 is 17.4 Å². The number of anilines is 1. The lowest BCUT2D eigenvalue weighted by molar-refractivity contribution is 0.0995. The van der Waals surface area contributed by atoms with Gasteiger partial charge in [-0.05, 0) is 24.3 Å². The largest absolute Gasteiger partial charge is 0.459 e. The SMILES string of the molecule is O=C(Nc1ncc2ccccn12)c1ccco1. The van der Waals surface area contributed by atoms with Crippen LogP contribution >= 0.6 is 0 Å². The molecule has 0 aliphatic heterocycles. The minimum Gasteiger partial charge on any atom is -0.459 e. The summed E-state index contributed by atoms with van der Waals surface area (Å²) in [6.45, 7) is 0. The van der Waals surface area contributed by atoms with Gasteiger partial charge in [0, 0.05) is 6.20 Å². The minimum atomic E-state index is -0.314. The molecular formula is C12H9N3O2. The van der Waals surface area contributed by atoms with Crippen molar-refractivity contribution in [3.63, 3.8) is 0 Å². The summed E-state index contributed by atoms with van der Waals surface area (Å²) in [4.78, 5) is 15.9. The summed E-state index contributed by atoms with van der Waals surface area (Å²) >= 11 is 0. The number of pyridine rings is 1. The Bertz CT molecular complexity index is 655. The van der Waals surface area contributed by atoms with Gasteiger partial charge in [-0.2, -0.15) is 0 Å². The maximum atomic E-state index is 11.8. The predicted octanol–water partition coefficient (Wildman–Crippen LogP) is 2.18. The van der Waals surface area contributed by atoms with Crippen molar-refractivity contribution in [2.45, 2.75) is 0 Å². The Balaban J connectivity index is 1.93. The average molecular weight is 227 g/mol. The molecule has 0 aromatic carbocycles. The highest BCUT2D eigenvalue weighted by atomic mass is 16.3. The van der Waals surface area contributed by atoms with Crippen molar-refractivity contribution in [2.24, 2.45) is 0 Å². The van der Waals surface area contributed by atoms with E-state index in [1.54, 1.807) is 22.7 Å². The maximum Gasteiger partial charge on any atom is 0.293 e. The highest BCUT2D eigenvalue weighted by molar-refractivity contribution is 6.01. The molecule has 0 radical (unpaired) electrons. The number of imidazole rings is 1. The van der Waals surface area contributed by atoms with E-state index >= 15 is 0 Å². The number of hydrogen-bond donors (Lipinski definition) is 1. The fraction of sp³-hybridized carbons (Fsp3) is 0. The first-order valence-corrected chi connectivity index (χ1v) is 5.11. The second kappa shape index (κ2) is 3.79. The topological polar surface area (TPSA) is 59.5 Å². The zero-order chi connectivity index (χ0) is 11.7. The van der Waals surface area contributed by atoms with Gasteiger partial charge in [-0.15, -0.1) is 0 Å². The lowest BCUT2D eigenvalue weighted by Crippen LogP contribution is -2.13. The van der Waals surface area contributed by atoms with E-state index in [1.807, 2.05) is 24.4 Å². The molecule has 0 atom stereocenters. The van der Waals surface area contributed by atoms with Crippen LogP contribution in [0, 0.1) is 0 Å². The molecule has 3 aromatic rings. The van der Waals surface area contributed by atoms with Crippen molar-refractivity contribution < 1.29 is 9.21 Å². The van der Waals surface area contributed by atoms with Gasteiger partial charge in [0.1, 0.15) is 0 Å². The highest BCUT2D eigenvalue weighted by Gasteiger charge is 2.11. The van der Waals surface area contributed by atoms with Gasteiger partial charge in [0.2, 0.25) is 5.95 Å². The van der Waals surface area contributed by atoms with Crippen molar-refractivity contribution in [2.75, 3.05) is 5.32 Å². The molecule has 3 heterocycles. The third kappa shape index (κ3) is 1.67. The van der Waals surface area contributed by atoms with Crippen molar-refractivity contribution in [1.82, 2.24) is 9.38 Å². The van der Waals surface area contributed by atoms with Crippen LogP contribution in [0.15, 0.2) is 53.4 Å². The first-order valence-electron chi connectivity index (χ1n) is 5.11. The number of amides is 1. The summed E-state index contributed by atoms with van der Waals surface area (Å²) in [5.41, 5.74) is 0.919. The summed E-state index contributed by atoms with van der Waals surface area (Å²) in [6.07, 6.45) is 4.98. The first kappa shape index (κ1) is 9.65. The first-order chi connectivity index (χ1) is 8.34. The molecule has 1 N–H and O–H groups in total. The van der Waals surface area contributed by atoms with Crippen LogP contribution in [0.2, 0.25) is 0 Å². The Hall–Kier alpha value is -2.56. The van der Waals surface area contributed by atoms with E-state index in [1.165, 1.54) is 6.26 Å². The number of hydrogen-bond acceptors (Lipinski definition) is 3. The molecule has 3 rings (SSSR count). The molecule has 84 valence electrons. The number of fused-ring (bicyclic) bond motifs is 1. The smallest absolute Gasteiger partial charge is 0.293 e. The molecule has 0 aliphatic rings. The number of furan rings is 1. The summed E-state index contributed by atoms with van der Waals surface area (Å²) in [5.74, 6) is 0.422. The molecule has 17 heavy (non-hydrogen) atoms. The van der Waals surface area contributed by atoms with E-state index in [-0.39, 0.29) is 11.7 Å². The molecule has 5 heteroatoms. The Morgan fingerprint density at radius 3 is 3.06 bits per heavy atom. The molecule has 0 aliphatic carbocycles. The molecule has 0 bridgehead atoms. The Morgan fingerprint density at radius 1 is 1.29 bits per heavy atom. The molecular weight excluding hydrogens is 218 g/mol. The minimum absolute atomic E-state index is 0.262. The Morgan fingerprint density at radius 2 is 2.24 bits per heavy atom. The van der Waals surface area contributed by atoms with E-state index in [9.17, 15) is 4.79 Å². The Kier molecular flexibility index (Phi) is 2.15. The van der Waals surface area contributed by atoms with Crippen LogP contribution in [-0.2, 0) is 0 Å². The van der Waals surface area contributed by atoms with E-state index in [4.69, 9.17) is 4.42 Å². The van der Waals surface area contributed by atoms with Crippen LogP contribution < -0.4 is 5.32 Å². The van der Waals surface area contributed by atoms with Crippen molar-refractivity contribution in [1.29, 1.82) is 0 Å². The molecule has 0 spiro atoms. The average Bonchev–Trinajstić information content (AvgIpc) is 2.98. The maximum absolute atomic E-state index is 11.8. The number of carbonyl (C=O) groups is 1. The predicted molar refractivity (Wildman–Crippen MR) is 61.9 cm³/mol. The number of nitrogens with zero attached hydrogens (tertiary/aromatic N) is 2. The molecule has 0 fully saturated rings. The summed E-state index contributed by atoms with van der Waals surface area (Å²) < 4.78 is 6.80. The number of aromatic nitrogens is 2. The summed E-state index contributed by atoms with van der Waals surface area (Å²) in [6, 6.07) is 8.96. The molecule has 0 saturated carbocycles. The van der Waals surface area contributed by atoms with Crippen LogP contribution in [-0.4, -0.2) is 15.3 Å². The van der Waals surface area contributed by atoms with Crippen molar-refractivity contribution in [3.8, 4) is 0 Å². The van der Waals surface area contributed by atoms with Crippen molar-refractivity contribution in [3.05, 3.63) is 54.7 Å². The quantitative estimate of drug-likeness (QED) is 0.729.